The van der Waals surface area contributed by atoms with Gasteiger partial charge in [-0.05, 0) is 12.8 Å². The molecule has 0 amide bonds. The molecular formula is C13H16O2. The van der Waals surface area contributed by atoms with Gasteiger partial charge in [-0.1, -0.05) is 18.4 Å². The van der Waals surface area contributed by atoms with E-state index in [1.807, 2.05) is 6.92 Å². The third kappa shape index (κ3) is 3.36. The summed E-state index contributed by atoms with van der Waals surface area (Å²) in [6.45, 7) is 1.99. The topological polar surface area (TPSA) is 34.1 Å². The monoisotopic (exact) mass is 204 g/mol. The van der Waals surface area contributed by atoms with Gasteiger partial charge in [-0.15, -0.1) is 5.92 Å². The van der Waals surface area contributed by atoms with Gasteiger partial charge in [0, 0.05) is 31.3 Å². The van der Waals surface area contributed by atoms with Crippen LogP contribution in [0.25, 0.3) is 0 Å². The lowest BCUT2D eigenvalue weighted by Gasteiger charge is -2.00. The molecule has 2 nitrogen and oxygen atoms in total. The molecule has 80 valence electrons. The lowest BCUT2D eigenvalue weighted by atomic mass is 10.0. The highest BCUT2D eigenvalue weighted by molar-refractivity contribution is 5.99. The predicted molar refractivity (Wildman–Crippen MR) is 59.2 cm³/mol. The van der Waals surface area contributed by atoms with E-state index in [0.717, 1.165) is 36.7 Å². The van der Waals surface area contributed by atoms with Gasteiger partial charge in [-0.25, -0.2) is 0 Å². The van der Waals surface area contributed by atoms with Gasteiger partial charge in [0.15, 0.2) is 5.78 Å². The molecule has 0 fully saturated rings. The van der Waals surface area contributed by atoms with E-state index in [9.17, 15) is 9.59 Å². The summed E-state index contributed by atoms with van der Waals surface area (Å²) in [5.41, 5.74) is 2.02. The number of hydrogen-bond acceptors (Lipinski definition) is 2. The van der Waals surface area contributed by atoms with Crippen LogP contribution in [-0.2, 0) is 9.59 Å². The van der Waals surface area contributed by atoms with Crippen molar-refractivity contribution in [3.05, 3.63) is 11.1 Å². The highest BCUT2D eigenvalue weighted by Gasteiger charge is 2.21. The first-order valence-corrected chi connectivity index (χ1v) is 5.43. The number of aldehydes is 1. The van der Waals surface area contributed by atoms with Crippen LogP contribution in [0.5, 0.6) is 0 Å². The van der Waals surface area contributed by atoms with Crippen molar-refractivity contribution in [2.24, 2.45) is 0 Å². The minimum absolute atomic E-state index is 0.223. The van der Waals surface area contributed by atoms with E-state index in [1.54, 1.807) is 0 Å². The van der Waals surface area contributed by atoms with Gasteiger partial charge < -0.3 is 4.79 Å². The zero-order valence-electron chi connectivity index (χ0n) is 9.14. The number of carbonyl (C=O) groups is 2. The van der Waals surface area contributed by atoms with Crippen LogP contribution < -0.4 is 0 Å². The molecule has 0 heterocycles. The molecule has 0 aromatic rings. The van der Waals surface area contributed by atoms with Crippen LogP contribution in [-0.4, -0.2) is 12.1 Å². The molecule has 0 aliphatic heterocycles. The van der Waals surface area contributed by atoms with Crippen LogP contribution in [0.3, 0.4) is 0 Å². The van der Waals surface area contributed by atoms with Gasteiger partial charge >= 0.3 is 0 Å². The van der Waals surface area contributed by atoms with Crippen molar-refractivity contribution in [3.63, 3.8) is 0 Å². The van der Waals surface area contributed by atoms with Crippen LogP contribution in [0.15, 0.2) is 11.1 Å². The average molecular weight is 204 g/mol. The lowest BCUT2D eigenvalue weighted by Crippen LogP contribution is -1.95. The average Bonchev–Trinajstić information content (AvgIpc) is 2.58. The molecule has 0 N–H and O–H groups in total. The maximum atomic E-state index is 11.5. The zero-order chi connectivity index (χ0) is 11.1. The van der Waals surface area contributed by atoms with Crippen LogP contribution in [0.4, 0.5) is 0 Å². The van der Waals surface area contributed by atoms with Gasteiger partial charge in [0.2, 0.25) is 0 Å². The standard InChI is InChI=1S/C13H16O2/c1-2-3-4-7-12-11(6-5-10-14)8-9-13(12)15/h10H,2,5-9H2,1H3. The smallest absolute Gasteiger partial charge is 0.160 e. The molecule has 0 aromatic heterocycles. The van der Waals surface area contributed by atoms with E-state index >= 15 is 0 Å². The quantitative estimate of drug-likeness (QED) is 0.520. The van der Waals surface area contributed by atoms with E-state index in [1.165, 1.54) is 0 Å². The Labute approximate surface area is 90.7 Å². The van der Waals surface area contributed by atoms with Crippen LogP contribution >= 0.6 is 0 Å². The van der Waals surface area contributed by atoms with E-state index in [0.29, 0.717) is 19.3 Å². The minimum atomic E-state index is 0.223. The normalized spacial score (nSPS) is 15.1. The molecule has 0 saturated heterocycles. The van der Waals surface area contributed by atoms with Crippen molar-refractivity contribution in [2.75, 3.05) is 0 Å². The fraction of sp³-hybridized carbons (Fsp3) is 0.538. The summed E-state index contributed by atoms with van der Waals surface area (Å²) in [7, 11) is 0. The van der Waals surface area contributed by atoms with Gasteiger partial charge in [0.1, 0.15) is 6.29 Å². The van der Waals surface area contributed by atoms with E-state index in [2.05, 4.69) is 11.8 Å². The molecule has 0 radical (unpaired) electrons. The highest BCUT2D eigenvalue weighted by atomic mass is 16.1. The lowest BCUT2D eigenvalue weighted by molar-refractivity contribution is -0.115. The molecule has 1 aliphatic rings. The molecule has 2 heteroatoms. The molecule has 0 unspecified atom stereocenters. The summed E-state index contributed by atoms with van der Waals surface area (Å²) in [5, 5.41) is 0. The molecule has 0 bridgehead atoms. The number of Topliss-reactive ketones (excluding diaryl/α,β-unsaturated/α-hetero) is 1. The van der Waals surface area contributed by atoms with Crippen LogP contribution in [0, 0.1) is 11.8 Å². The molecule has 1 rings (SSSR count). The number of rotatable bonds is 4. The Morgan fingerprint density at radius 3 is 2.80 bits per heavy atom. The van der Waals surface area contributed by atoms with Gasteiger partial charge in [-0.3, -0.25) is 4.79 Å². The van der Waals surface area contributed by atoms with Gasteiger partial charge in [0.25, 0.3) is 0 Å². The Bertz CT molecular complexity index is 339. The minimum Gasteiger partial charge on any atom is -0.303 e. The molecule has 0 saturated carbocycles. The maximum absolute atomic E-state index is 11.5. The predicted octanol–water partition coefficient (Wildman–Crippen LogP) is 2.43. The van der Waals surface area contributed by atoms with Crippen molar-refractivity contribution in [2.45, 2.75) is 45.4 Å². The number of allylic oxidation sites excluding steroid dienone is 2. The number of hydrogen-bond donors (Lipinski definition) is 0. The van der Waals surface area contributed by atoms with Crippen molar-refractivity contribution in [1.29, 1.82) is 0 Å². The Morgan fingerprint density at radius 2 is 2.13 bits per heavy atom. The summed E-state index contributed by atoms with van der Waals surface area (Å²) in [4.78, 5) is 21.8. The largest absolute Gasteiger partial charge is 0.303 e. The summed E-state index contributed by atoms with van der Waals surface area (Å²) in [6.07, 6.45) is 5.00. The Hall–Kier alpha value is -1.36. The van der Waals surface area contributed by atoms with E-state index in [-0.39, 0.29) is 5.78 Å². The molecule has 0 aromatic carbocycles. The summed E-state index contributed by atoms with van der Waals surface area (Å²) >= 11 is 0. The Kier molecular flexibility index (Phi) is 4.83. The highest BCUT2D eigenvalue weighted by Crippen LogP contribution is 2.28. The summed E-state index contributed by atoms with van der Waals surface area (Å²) < 4.78 is 0. The third-order valence-corrected chi connectivity index (χ3v) is 2.55. The first kappa shape index (κ1) is 11.7. The first-order valence-electron chi connectivity index (χ1n) is 5.43. The maximum Gasteiger partial charge on any atom is 0.160 e. The Balaban J connectivity index is 2.67. The fourth-order valence-corrected chi connectivity index (χ4v) is 1.77. The Morgan fingerprint density at radius 1 is 1.33 bits per heavy atom. The second-order valence-corrected chi connectivity index (χ2v) is 3.59. The van der Waals surface area contributed by atoms with Gasteiger partial charge in [0.05, 0.1) is 0 Å². The number of ketones is 1. The molecular weight excluding hydrogens is 188 g/mol. The molecule has 15 heavy (non-hydrogen) atoms. The van der Waals surface area contributed by atoms with E-state index in [4.69, 9.17) is 0 Å². The fourth-order valence-electron chi connectivity index (χ4n) is 1.77. The van der Waals surface area contributed by atoms with Crippen LogP contribution in [0.2, 0.25) is 0 Å². The van der Waals surface area contributed by atoms with Crippen molar-refractivity contribution >= 4 is 12.1 Å². The SMILES string of the molecule is CCC#CCC1=C(CCC=O)CCC1=O. The van der Waals surface area contributed by atoms with Crippen molar-refractivity contribution in [1.82, 2.24) is 0 Å². The van der Waals surface area contributed by atoms with Crippen molar-refractivity contribution in [3.8, 4) is 11.8 Å². The molecule has 0 atom stereocenters. The molecule has 1 aliphatic carbocycles. The van der Waals surface area contributed by atoms with Crippen molar-refractivity contribution < 1.29 is 9.59 Å². The van der Waals surface area contributed by atoms with E-state index < -0.39 is 0 Å². The summed E-state index contributed by atoms with van der Waals surface area (Å²) in [5.74, 6) is 6.19. The second-order valence-electron chi connectivity index (χ2n) is 3.59. The number of carbonyl (C=O) groups excluding carboxylic acids is 2. The summed E-state index contributed by atoms with van der Waals surface area (Å²) in [6, 6.07) is 0. The van der Waals surface area contributed by atoms with Gasteiger partial charge in [-0.2, -0.15) is 0 Å². The van der Waals surface area contributed by atoms with Crippen LogP contribution in [0.1, 0.15) is 45.4 Å². The molecule has 0 spiro atoms. The zero-order valence-corrected chi connectivity index (χ0v) is 9.14. The first-order chi connectivity index (χ1) is 7.29. The third-order valence-electron chi connectivity index (χ3n) is 2.55. The second kappa shape index (κ2) is 6.19.